The number of anilines is 1. The number of rotatable bonds is 7. The van der Waals surface area contributed by atoms with Gasteiger partial charge in [0.1, 0.15) is 12.0 Å². The zero-order chi connectivity index (χ0) is 22.5. The highest BCUT2D eigenvalue weighted by Crippen LogP contribution is 2.17. The lowest BCUT2D eigenvalue weighted by Crippen LogP contribution is -2.27. The molecule has 0 aliphatic carbocycles. The molecule has 0 aliphatic rings. The lowest BCUT2D eigenvalue weighted by atomic mass is 10.1. The van der Waals surface area contributed by atoms with Crippen molar-refractivity contribution in [2.24, 2.45) is 7.05 Å². The molecule has 9 nitrogen and oxygen atoms in total. The Labute approximate surface area is 189 Å². The van der Waals surface area contributed by atoms with Gasteiger partial charge in [-0.25, -0.2) is 9.97 Å². The van der Waals surface area contributed by atoms with E-state index in [0.717, 1.165) is 17.2 Å². The molecule has 1 atom stereocenters. The summed E-state index contributed by atoms with van der Waals surface area (Å²) in [7, 11) is 1.88. The highest BCUT2D eigenvalue weighted by molar-refractivity contribution is 6.30. The first-order chi connectivity index (χ1) is 15.5. The standard InChI is InChI=1S/C22H21ClN8O/c1-14(18-7-6-16(23)11-26-18)28-22(32)15-4-3-5-17(10-15)25-12-20-29-30-21(31(20)2)19-8-9-24-13-27-19/h3-11,13-14,25H,12H2,1-2H3,(H,28,32)/t14-/m0/s1. The average Bonchev–Trinajstić information content (AvgIpc) is 3.19. The Bertz CT molecular complexity index is 1210. The molecule has 0 saturated carbocycles. The summed E-state index contributed by atoms with van der Waals surface area (Å²) in [5, 5.41) is 15.3. The van der Waals surface area contributed by atoms with E-state index in [1.807, 2.05) is 30.7 Å². The van der Waals surface area contributed by atoms with Crippen LogP contribution in [0.2, 0.25) is 5.02 Å². The highest BCUT2D eigenvalue weighted by atomic mass is 35.5. The number of carbonyl (C=O) groups excluding carboxylic acids is 1. The van der Waals surface area contributed by atoms with Crippen LogP contribution in [0.25, 0.3) is 11.5 Å². The molecule has 162 valence electrons. The number of amides is 1. The number of benzene rings is 1. The highest BCUT2D eigenvalue weighted by Gasteiger charge is 2.14. The Morgan fingerprint density at radius 2 is 2.03 bits per heavy atom. The number of hydrogen-bond acceptors (Lipinski definition) is 7. The van der Waals surface area contributed by atoms with Crippen LogP contribution in [0.4, 0.5) is 5.69 Å². The molecule has 4 rings (SSSR count). The van der Waals surface area contributed by atoms with Gasteiger partial charge in [0.2, 0.25) is 0 Å². The van der Waals surface area contributed by atoms with Crippen molar-refractivity contribution in [2.45, 2.75) is 19.5 Å². The SMILES string of the molecule is C[C@H](NC(=O)c1cccc(NCc2nnc(-c3ccncn3)n2C)c1)c1ccc(Cl)cn1. The molecule has 0 spiro atoms. The quantitative estimate of drug-likeness (QED) is 0.445. The number of nitrogens with one attached hydrogen (secondary N) is 2. The van der Waals surface area contributed by atoms with Crippen molar-refractivity contribution < 1.29 is 4.79 Å². The Morgan fingerprint density at radius 3 is 2.78 bits per heavy atom. The van der Waals surface area contributed by atoms with E-state index < -0.39 is 0 Å². The van der Waals surface area contributed by atoms with Gasteiger partial charge in [-0.1, -0.05) is 17.7 Å². The van der Waals surface area contributed by atoms with Crippen molar-refractivity contribution in [3.63, 3.8) is 0 Å². The molecule has 32 heavy (non-hydrogen) atoms. The van der Waals surface area contributed by atoms with E-state index >= 15 is 0 Å². The minimum Gasteiger partial charge on any atom is -0.378 e. The van der Waals surface area contributed by atoms with Crippen molar-refractivity contribution in [2.75, 3.05) is 5.32 Å². The summed E-state index contributed by atoms with van der Waals surface area (Å²) in [6, 6.07) is 12.3. The molecule has 1 amide bonds. The predicted octanol–water partition coefficient (Wildman–Crippen LogP) is 3.42. The molecule has 0 radical (unpaired) electrons. The van der Waals surface area contributed by atoms with Gasteiger partial charge in [0.05, 0.1) is 23.3 Å². The van der Waals surface area contributed by atoms with Crippen LogP contribution in [0.15, 0.2) is 61.2 Å². The van der Waals surface area contributed by atoms with Crippen molar-refractivity contribution in [1.82, 2.24) is 35.0 Å². The molecule has 1 aromatic carbocycles. The first-order valence-corrected chi connectivity index (χ1v) is 10.3. The van der Waals surface area contributed by atoms with Gasteiger partial charge < -0.3 is 15.2 Å². The van der Waals surface area contributed by atoms with E-state index in [1.165, 1.54) is 6.33 Å². The van der Waals surface area contributed by atoms with Crippen LogP contribution < -0.4 is 10.6 Å². The largest absolute Gasteiger partial charge is 0.378 e. The second kappa shape index (κ2) is 9.52. The van der Waals surface area contributed by atoms with E-state index in [9.17, 15) is 4.79 Å². The smallest absolute Gasteiger partial charge is 0.251 e. The number of pyridine rings is 1. The fourth-order valence-electron chi connectivity index (χ4n) is 3.11. The van der Waals surface area contributed by atoms with Crippen molar-refractivity contribution in [3.8, 4) is 11.5 Å². The second-order valence-electron chi connectivity index (χ2n) is 7.12. The van der Waals surface area contributed by atoms with E-state index in [0.29, 0.717) is 28.6 Å². The summed E-state index contributed by atoms with van der Waals surface area (Å²) in [6.45, 7) is 2.31. The van der Waals surface area contributed by atoms with E-state index in [4.69, 9.17) is 11.6 Å². The van der Waals surface area contributed by atoms with Gasteiger partial charge in [0.25, 0.3) is 5.91 Å². The first-order valence-electron chi connectivity index (χ1n) is 9.92. The van der Waals surface area contributed by atoms with Gasteiger partial charge in [-0.05, 0) is 43.3 Å². The normalized spacial score (nSPS) is 11.7. The number of halogens is 1. The molecule has 2 N–H and O–H groups in total. The van der Waals surface area contributed by atoms with Crippen molar-refractivity contribution >= 4 is 23.2 Å². The first kappa shape index (κ1) is 21.4. The average molecular weight is 449 g/mol. The molecular formula is C22H21ClN8O. The number of hydrogen-bond donors (Lipinski definition) is 2. The maximum absolute atomic E-state index is 12.7. The monoisotopic (exact) mass is 448 g/mol. The lowest BCUT2D eigenvalue weighted by molar-refractivity contribution is 0.0939. The third kappa shape index (κ3) is 4.89. The summed E-state index contributed by atoms with van der Waals surface area (Å²) < 4.78 is 1.87. The molecule has 3 aromatic heterocycles. The van der Waals surface area contributed by atoms with Gasteiger partial charge in [0, 0.05) is 30.7 Å². The van der Waals surface area contributed by atoms with Crippen LogP contribution in [0.5, 0.6) is 0 Å². The van der Waals surface area contributed by atoms with Gasteiger partial charge >= 0.3 is 0 Å². The zero-order valence-electron chi connectivity index (χ0n) is 17.5. The number of carbonyl (C=O) groups is 1. The Hall–Kier alpha value is -3.85. The zero-order valence-corrected chi connectivity index (χ0v) is 18.3. The van der Waals surface area contributed by atoms with Gasteiger partial charge in [0.15, 0.2) is 11.6 Å². The molecule has 4 aromatic rings. The Kier molecular flexibility index (Phi) is 6.37. The third-order valence-electron chi connectivity index (χ3n) is 4.89. The lowest BCUT2D eigenvalue weighted by Gasteiger charge is -2.14. The minimum atomic E-state index is -0.254. The van der Waals surface area contributed by atoms with Gasteiger partial charge in [-0.2, -0.15) is 0 Å². The van der Waals surface area contributed by atoms with Crippen molar-refractivity contribution in [1.29, 1.82) is 0 Å². The topological polar surface area (TPSA) is 111 Å². The summed E-state index contributed by atoms with van der Waals surface area (Å²) in [5.41, 5.74) is 2.76. The van der Waals surface area contributed by atoms with Crippen molar-refractivity contribution in [3.05, 3.63) is 83.3 Å². The maximum Gasteiger partial charge on any atom is 0.251 e. The van der Waals surface area contributed by atoms with Crippen LogP contribution >= 0.6 is 11.6 Å². The van der Waals surface area contributed by atoms with Crippen LogP contribution in [0.1, 0.15) is 34.8 Å². The summed E-state index contributed by atoms with van der Waals surface area (Å²) in [6.07, 6.45) is 4.70. The summed E-state index contributed by atoms with van der Waals surface area (Å²) >= 11 is 5.88. The third-order valence-corrected chi connectivity index (χ3v) is 5.12. The van der Waals surface area contributed by atoms with Gasteiger partial charge in [-0.15, -0.1) is 10.2 Å². The summed E-state index contributed by atoms with van der Waals surface area (Å²) in [4.78, 5) is 25.1. The molecule has 0 aliphatic heterocycles. The number of aromatic nitrogens is 6. The molecule has 0 unspecified atom stereocenters. The minimum absolute atomic E-state index is 0.192. The molecular weight excluding hydrogens is 428 g/mol. The van der Waals surface area contributed by atoms with Gasteiger partial charge in [-0.3, -0.25) is 9.78 Å². The Balaban J connectivity index is 1.41. The molecule has 3 heterocycles. The second-order valence-corrected chi connectivity index (χ2v) is 7.56. The molecule has 0 saturated heterocycles. The summed E-state index contributed by atoms with van der Waals surface area (Å²) in [5.74, 6) is 1.20. The fraction of sp³-hybridized carbons (Fsp3) is 0.182. The van der Waals surface area contributed by atoms with Crippen LogP contribution in [0.3, 0.4) is 0 Å². The molecule has 0 bridgehead atoms. The van der Waals surface area contributed by atoms with Crippen LogP contribution in [0, 0.1) is 0 Å². The van der Waals surface area contributed by atoms with Crippen LogP contribution in [-0.2, 0) is 13.6 Å². The molecule has 10 heteroatoms. The Morgan fingerprint density at radius 1 is 1.16 bits per heavy atom. The maximum atomic E-state index is 12.7. The predicted molar refractivity (Wildman–Crippen MR) is 121 cm³/mol. The fourth-order valence-corrected chi connectivity index (χ4v) is 3.22. The van der Waals surface area contributed by atoms with Crippen LogP contribution in [-0.4, -0.2) is 35.6 Å². The van der Waals surface area contributed by atoms with E-state index in [2.05, 4.69) is 35.8 Å². The van der Waals surface area contributed by atoms with E-state index in [1.54, 1.807) is 42.7 Å². The molecule has 0 fully saturated rings. The van der Waals surface area contributed by atoms with E-state index in [-0.39, 0.29) is 11.9 Å². The number of nitrogens with zero attached hydrogens (tertiary/aromatic N) is 6.